The molecule has 0 unspecified atom stereocenters. The summed E-state index contributed by atoms with van der Waals surface area (Å²) in [4.78, 5) is 24.0. The van der Waals surface area contributed by atoms with Gasteiger partial charge in [0, 0.05) is 23.7 Å². The van der Waals surface area contributed by atoms with Gasteiger partial charge in [-0.2, -0.15) is 5.10 Å². The number of carbonyl (C=O) groups excluding carboxylic acids is 2. The minimum Gasteiger partial charge on any atom is -0.347 e. The van der Waals surface area contributed by atoms with Crippen LogP contribution in [0.4, 0.5) is 5.69 Å². The molecule has 1 saturated carbocycles. The maximum absolute atomic E-state index is 12.4. The van der Waals surface area contributed by atoms with E-state index in [0.29, 0.717) is 0 Å². The van der Waals surface area contributed by atoms with Crippen LogP contribution in [0, 0.1) is 6.92 Å². The number of carbonyl (C=O) groups is 2. The van der Waals surface area contributed by atoms with Crippen molar-refractivity contribution >= 4 is 28.4 Å². The normalized spacial score (nSPS) is 15.6. The van der Waals surface area contributed by atoms with E-state index in [4.69, 9.17) is 0 Å². The molecule has 6 heteroatoms. The number of hydrogen-bond donors (Lipinski definition) is 2. The minimum absolute atomic E-state index is 0.0997. The van der Waals surface area contributed by atoms with Crippen LogP contribution in [0.25, 0.3) is 10.9 Å². The van der Waals surface area contributed by atoms with Gasteiger partial charge in [0.2, 0.25) is 11.8 Å². The average Bonchev–Trinajstić information content (AvgIpc) is 2.79. The molecule has 1 aromatic carbocycles. The molecule has 1 aromatic heterocycles. The van der Waals surface area contributed by atoms with E-state index in [0.717, 1.165) is 41.5 Å². The maximum Gasteiger partial charge on any atom is 0.243 e. The Kier molecular flexibility index (Phi) is 4.13. The first-order chi connectivity index (χ1) is 11.4. The summed E-state index contributed by atoms with van der Waals surface area (Å²) >= 11 is 0. The van der Waals surface area contributed by atoms with E-state index in [9.17, 15) is 9.59 Å². The summed E-state index contributed by atoms with van der Waals surface area (Å²) in [7, 11) is 1.88. The Balaban J connectivity index is 1.71. The van der Waals surface area contributed by atoms with Crippen LogP contribution in [0.1, 0.15) is 31.4 Å². The number of nitrogens with zero attached hydrogens (tertiary/aromatic N) is 2. The Morgan fingerprint density at radius 2 is 2.17 bits per heavy atom. The van der Waals surface area contributed by atoms with Crippen molar-refractivity contribution in [2.45, 2.75) is 38.1 Å². The van der Waals surface area contributed by atoms with Gasteiger partial charge in [0.05, 0.1) is 17.6 Å². The smallest absolute Gasteiger partial charge is 0.243 e. The minimum atomic E-state index is -0.428. The molecule has 1 aliphatic carbocycles. The average molecular weight is 326 g/mol. The third-order valence-corrected chi connectivity index (χ3v) is 4.70. The SMILES string of the molecule is C=CC(=O)NC1(CC(=O)Nc2ccc3c(C)nn(C)c3c2)CCC1. The summed E-state index contributed by atoms with van der Waals surface area (Å²) in [6.07, 6.45) is 4.18. The highest BCUT2D eigenvalue weighted by Crippen LogP contribution is 2.35. The molecular weight excluding hydrogens is 304 g/mol. The van der Waals surface area contributed by atoms with Crippen molar-refractivity contribution < 1.29 is 9.59 Å². The Bertz CT molecular complexity index is 818. The summed E-state index contributed by atoms with van der Waals surface area (Å²) in [5.41, 5.74) is 2.25. The Labute approximate surface area is 140 Å². The zero-order valence-corrected chi connectivity index (χ0v) is 14.1. The highest BCUT2D eigenvalue weighted by atomic mass is 16.2. The highest BCUT2D eigenvalue weighted by molar-refractivity contribution is 5.95. The van der Waals surface area contributed by atoms with E-state index in [2.05, 4.69) is 22.3 Å². The number of aromatic nitrogens is 2. The molecule has 24 heavy (non-hydrogen) atoms. The van der Waals surface area contributed by atoms with Crippen molar-refractivity contribution in [3.63, 3.8) is 0 Å². The Hall–Kier alpha value is -2.63. The van der Waals surface area contributed by atoms with Gasteiger partial charge in [-0.3, -0.25) is 14.3 Å². The zero-order valence-electron chi connectivity index (χ0n) is 14.1. The number of aryl methyl sites for hydroxylation is 2. The van der Waals surface area contributed by atoms with Gasteiger partial charge in [0.1, 0.15) is 0 Å². The van der Waals surface area contributed by atoms with E-state index < -0.39 is 5.54 Å². The molecule has 1 heterocycles. The van der Waals surface area contributed by atoms with Gasteiger partial charge in [-0.05, 0) is 50.5 Å². The number of nitrogens with one attached hydrogen (secondary N) is 2. The number of benzene rings is 1. The fraction of sp³-hybridized carbons (Fsp3) is 0.389. The summed E-state index contributed by atoms with van der Waals surface area (Å²) in [5.74, 6) is -0.327. The van der Waals surface area contributed by atoms with Crippen LogP contribution < -0.4 is 10.6 Å². The summed E-state index contributed by atoms with van der Waals surface area (Å²) in [5, 5.41) is 11.3. The fourth-order valence-corrected chi connectivity index (χ4v) is 3.29. The van der Waals surface area contributed by atoms with Crippen LogP contribution in [0.15, 0.2) is 30.9 Å². The van der Waals surface area contributed by atoms with Crippen LogP contribution in [0.2, 0.25) is 0 Å². The second-order valence-electron chi connectivity index (χ2n) is 6.49. The lowest BCUT2D eigenvalue weighted by Gasteiger charge is -2.41. The first kappa shape index (κ1) is 16.2. The van der Waals surface area contributed by atoms with Crippen LogP contribution in [0.5, 0.6) is 0 Å². The topological polar surface area (TPSA) is 76.0 Å². The summed E-state index contributed by atoms with van der Waals surface area (Å²) < 4.78 is 1.80. The number of hydrogen-bond acceptors (Lipinski definition) is 3. The predicted octanol–water partition coefficient (Wildman–Crippen LogP) is 2.44. The molecule has 0 spiro atoms. The first-order valence-corrected chi connectivity index (χ1v) is 8.10. The van der Waals surface area contributed by atoms with Crippen molar-refractivity contribution in [2.24, 2.45) is 7.05 Å². The van der Waals surface area contributed by atoms with Crippen LogP contribution in [-0.4, -0.2) is 27.1 Å². The van der Waals surface area contributed by atoms with Crippen LogP contribution in [0.3, 0.4) is 0 Å². The van der Waals surface area contributed by atoms with E-state index in [-0.39, 0.29) is 18.2 Å². The molecule has 3 rings (SSSR count). The van der Waals surface area contributed by atoms with Gasteiger partial charge < -0.3 is 10.6 Å². The summed E-state index contributed by atoms with van der Waals surface area (Å²) in [6.45, 7) is 5.43. The molecule has 0 aliphatic heterocycles. The second kappa shape index (κ2) is 6.11. The predicted molar refractivity (Wildman–Crippen MR) is 93.6 cm³/mol. The third kappa shape index (κ3) is 3.04. The number of rotatable bonds is 5. The molecule has 0 saturated heterocycles. The van der Waals surface area contributed by atoms with E-state index in [1.165, 1.54) is 6.08 Å². The summed E-state index contributed by atoms with van der Waals surface area (Å²) in [6, 6.07) is 5.76. The van der Waals surface area contributed by atoms with Gasteiger partial charge in [-0.15, -0.1) is 0 Å². The molecular formula is C18H22N4O2. The van der Waals surface area contributed by atoms with Crippen LogP contribution in [-0.2, 0) is 16.6 Å². The number of amides is 2. The molecule has 0 atom stereocenters. The van der Waals surface area contributed by atoms with Crippen molar-refractivity contribution in [1.29, 1.82) is 0 Å². The largest absolute Gasteiger partial charge is 0.347 e. The Morgan fingerprint density at radius 3 is 2.79 bits per heavy atom. The van der Waals surface area contributed by atoms with Gasteiger partial charge in [-0.1, -0.05) is 6.58 Å². The quantitative estimate of drug-likeness (QED) is 0.829. The van der Waals surface area contributed by atoms with Gasteiger partial charge >= 0.3 is 0 Å². The molecule has 2 N–H and O–H groups in total. The van der Waals surface area contributed by atoms with E-state index in [1.807, 2.05) is 32.2 Å². The monoisotopic (exact) mass is 326 g/mol. The van der Waals surface area contributed by atoms with Gasteiger partial charge in [0.25, 0.3) is 0 Å². The molecule has 2 aromatic rings. The molecule has 6 nitrogen and oxygen atoms in total. The maximum atomic E-state index is 12.4. The van der Waals surface area contributed by atoms with Gasteiger partial charge in [0.15, 0.2) is 0 Å². The van der Waals surface area contributed by atoms with Crippen molar-refractivity contribution in [2.75, 3.05) is 5.32 Å². The molecule has 0 radical (unpaired) electrons. The molecule has 1 fully saturated rings. The van der Waals surface area contributed by atoms with Crippen LogP contribution >= 0.6 is 0 Å². The lowest BCUT2D eigenvalue weighted by atomic mass is 9.74. The number of anilines is 1. The zero-order chi connectivity index (χ0) is 17.3. The second-order valence-corrected chi connectivity index (χ2v) is 6.49. The van der Waals surface area contributed by atoms with E-state index >= 15 is 0 Å². The first-order valence-electron chi connectivity index (χ1n) is 8.10. The Morgan fingerprint density at radius 1 is 1.42 bits per heavy atom. The molecule has 0 bridgehead atoms. The molecule has 126 valence electrons. The van der Waals surface area contributed by atoms with Gasteiger partial charge in [-0.25, -0.2) is 0 Å². The van der Waals surface area contributed by atoms with Crippen molar-refractivity contribution in [3.05, 3.63) is 36.5 Å². The lowest BCUT2D eigenvalue weighted by Crippen LogP contribution is -2.54. The third-order valence-electron chi connectivity index (χ3n) is 4.70. The molecule has 2 amide bonds. The van der Waals surface area contributed by atoms with Crippen molar-refractivity contribution in [3.8, 4) is 0 Å². The molecule has 1 aliphatic rings. The van der Waals surface area contributed by atoms with Crippen molar-refractivity contribution in [1.82, 2.24) is 15.1 Å². The highest BCUT2D eigenvalue weighted by Gasteiger charge is 2.39. The lowest BCUT2D eigenvalue weighted by molar-refractivity contribution is -0.122. The standard InChI is InChI=1S/C18H22N4O2/c1-4-16(23)20-18(8-5-9-18)11-17(24)19-13-6-7-14-12(2)21-22(3)15(14)10-13/h4,6-7,10H,1,5,8-9,11H2,2-3H3,(H,19,24)(H,20,23). The van der Waals surface area contributed by atoms with E-state index in [1.54, 1.807) is 4.68 Å². The fourth-order valence-electron chi connectivity index (χ4n) is 3.29. The number of fused-ring (bicyclic) bond motifs is 1.